The van der Waals surface area contributed by atoms with Gasteiger partial charge in [-0.25, -0.2) is 4.68 Å². The van der Waals surface area contributed by atoms with Crippen LogP contribution in [-0.2, 0) is 4.79 Å². The van der Waals surface area contributed by atoms with Crippen molar-refractivity contribution < 1.29 is 14.7 Å². The zero-order chi connectivity index (χ0) is 17.1. The molecule has 1 atom stereocenters. The van der Waals surface area contributed by atoms with Crippen molar-refractivity contribution in [1.29, 1.82) is 0 Å². The Balaban J connectivity index is 2.25. The maximum absolute atomic E-state index is 12.5. The lowest BCUT2D eigenvalue weighted by molar-refractivity contribution is -0.141. The second kappa shape index (κ2) is 6.83. The summed E-state index contributed by atoms with van der Waals surface area (Å²) in [6, 6.07) is 7.17. The van der Waals surface area contributed by atoms with Gasteiger partial charge < -0.3 is 10.0 Å². The molecule has 2 aromatic rings. The Hall–Kier alpha value is -2.34. The summed E-state index contributed by atoms with van der Waals surface area (Å²) in [5, 5.41) is 13.8. The fourth-order valence-electron chi connectivity index (χ4n) is 2.27. The van der Waals surface area contributed by atoms with Crippen LogP contribution in [-0.4, -0.2) is 45.3 Å². The molecule has 6 nitrogen and oxygen atoms in total. The molecule has 0 aliphatic carbocycles. The van der Waals surface area contributed by atoms with Gasteiger partial charge in [0.1, 0.15) is 0 Å². The third-order valence-electron chi connectivity index (χ3n) is 3.61. The molecule has 0 spiro atoms. The predicted molar refractivity (Wildman–Crippen MR) is 87.1 cm³/mol. The summed E-state index contributed by atoms with van der Waals surface area (Å²) < 4.78 is 1.63. The average molecular weight is 336 g/mol. The number of hydrogen-bond donors (Lipinski definition) is 1. The lowest BCUT2D eigenvalue weighted by Gasteiger charge is -2.19. The molecule has 7 heteroatoms. The first kappa shape index (κ1) is 17.0. The Bertz CT molecular complexity index is 742. The van der Waals surface area contributed by atoms with Crippen molar-refractivity contribution in [1.82, 2.24) is 14.7 Å². The summed E-state index contributed by atoms with van der Waals surface area (Å²) in [7, 11) is 1.58. The van der Waals surface area contributed by atoms with Crippen molar-refractivity contribution in [3.05, 3.63) is 46.7 Å². The molecule has 1 heterocycles. The van der Waals surface area contributed by atoms with Crippen LogP contribution >= 0.6 is 11.6 Å². The van der Waals surface area contributed by atoms with Crippen LogP contribution in [0.5, 0.6) is 0 Å². The molecule has 1 aromatic carbocycles. The first-order valence-electron chi connectivity index (χ1n) is 7.10. The molecule has 1 amide bonds. The van der Waals surface area contributed by atoms with Gasteiger partial charge in [0.25, 0.3) is 5.91 Å². The molecule has 0 aliphatic heterocycles. The number of carbonyl (C=O) groups excluding carboxylic acids is 1. The highest BCUT2D eigenvalue weighted by atomic mass is 35.5. The lowest BCUT2D eigenvalue weighted by atomic mass is 10.1. The van der Waals surface area contributed by atoms with Gasteiger partial charge in [-0.15, -0.1) is 0 Å². The van der Waals surface area contributed by atoms with Gasteiger partial charge in [-0.2, -0.15) is 5.10 Å². The van der Waals surface area contributed by atoms with E-state index in [9.17, 15) is 9.59 Å². The molecule has 2 rings (SSSR count). The minimum Gasteiger partial charge on any atom is -0.481 e. The van der Waals surface area contributed by atoms with Crippen molar-refractivity contribution in [2.45, 2.75) is 13.8 Å². The zero-order valence-electron chi connectivity index (χ0n) is 13.2. The number of carbonyl (C=O) groups is 2. The van der Waals surface area contributed by atoms with Gasteiger partial charge in [0, 0.05) is 18.6 Å². The third kappa shape index (κ3) is 3.71. The minimum absolute atomic E-state index is 0.135. The molecule has 1 N–H and O–H groups in total. The molecule has 1 aromatic heterocycles. The van der Waals surface area contributed by atoms with E-state index in [1.165, 1.54) is 11.1 Å². The minimum atomic E-state index is -0.934. The van der Waals surface area contributed by atoms with Crippen LogP contribution in [0, 0.1) is 12.8 Å². The predicted octanol–water partition coefficient (Wildman–Crippen LogP) is 2.63. The highest BCUT2D eigenvalue weighted by Gasteiger charge is 2.22. The average Bonchev–Trinajstić information content (AvgIpc) is 2.87. The first-order valence-corrected chi connectivity index (χ1v) is 7.48. The van der Waals surface area contributed by atoms with E-state index < -0.39 is 11.9 Å². The van der Waals surface area contributed by atoms with Crippen LogP contribution in [0.2, 0.25) is 5.02 Å². The van der Waals surface area contributed by atoms with Gasteiger partial charge in [-0.3, -0.25) is 9.59 Å². The quantitative estimate of drug-likeness (QED) is 0.911. The Labute approximate surface area is 139 Å². The summed E-state index contributed by atoms with van der Waals surface area (Å²) in [6.07, 6.45) is 1.49. The Kier molecular flexibility index (Phi) is 5.05. The van der Waals surface area contributed by atoms with Gasteiger partial charge in [-0.05, 0) is 25.1 Å². The third-order valence-corrected chi connectivity index (χ3v) is 3.84. The molecular formula is C16H18ClN3O3. The normalized spacial score (nSPS) is 12.0. The molecule has 0 bridgehead atoms. The van der Waals surface area contributed by atoms with Crippen LogP contribution in [0.3, 0.4) is 0 Å². The van der Waals surface area contributed by atoms with Gasteiger partial charge in [0.05, 0.1) is 29.1 Å². The number of rotatable bonds is 5. The number of amides is 1. The number of halogens is 1. The smallest absolute Gasteiger partial charge is 0.308 e. The molecule has 1 unspecified atom stereocenters. The molecular weight excluding hydrogens is 318 g/mol. The van der Waals surface area contributed by atoms with E-state index in [0.717, 1.165) is 5.69 Å². The summed E-state index contributed by atoms with van der Waals surface area (Å²) in [6.45, 7) is 3.49. The number of carboxylic acid groups (broad SMARTS) is 1. The fraction of sp³-hybridized carbons (Fsp3) is 0.312. The van der Waals surface area contributed by atoms with Crippen molar-refractivity contribution in [3.8, 4) is 5.69 Å². The van der Waals surface area contributed by atoms with Crippen LogP contribution < -0.4 is 0 Å². The maximum atomic E-state index is 12.5. The number of benzene rings is 1. The van der Waals surface area contributed by atoms with E-state index in [2.05, 4.69) is 5.10 Å². The van der Waals surface area contributed by atoms with Crippen LogP contribution in [0.1, 0.15) is 23.0 Å². The van der Waals surface area contributed by atoms with E-state index in [4.69, 9.17) is 16.7 Å². The molecule has 0 aliphatic rings. The Morgan fingerprint density at radius 2 is 2.13 bits per heavy atom. The number of aliphatic carboxylic acids is 1. The summed E-state index contributed by atoms with van der Waals surface area (Å²) >= 11 is 5.98. The number of nitrogens with zero attached hydrogens (tertiary/aromatic N) is 3. The highest BCUT2D eigenvalue weighted by molar-refractivity contribution is 6.30. The van der Waals surface area contributed by atoms with Crippen LogP contribution in [0.15, 0.2) is 30.5 Å². The molecule has 23 heavy (non-hydrogen) atoms. The van der Waals surface area contributed by atoms with E-state index in [1.54, 1.807) is 43.8 Å². The standard InChI is InChI=1S/C16H18ClN3O3/c1-10(16(22)23)9-19(3)15(21)14-8-18-20(11(14)2)13-6-4-5-12(17)7-13/h4-8,10H,9H2,1-3H3,(H,22,23). The highest BCUT2D eigenvalue weighted by Crippen LogP contribution is 2.19. The Morgan fingerprint density at radius 1 is 1.43 bits per heavy atom. The van der Waals surface area contributed by atoms with Crippen molar-refractivity contribution in [2.75, 3.05) is 13.6 Å². The van der Waals surface area contributed by atoms with E-state index in [1.807, 2.05) is 6.07 Å². The fourth-order valence-corrected chi connectivity index (χ4v) is 2.45. The first-order chi connectivity index (χ1) is 10.8. The molecule has 0 radical (unpaired) electrons. The second-order valence-electron chi connectivity index (χ2n) is 5.46. The number of hydrogen-bond acceptors (Lipinski definition) is 3. The number of aromatic nitrogens is 2. The number of carboxylic acids is 1. The van der Waals surface area contributed by atoms with Crippen LogP contribution in [0.4, 0.5) is 0 Å². The maximum Gasteiger partial charge on any atom is 0.308 e. The van der Waals surface area contributed by atoms with Crippen molar-refractivity contribution in [2.24, 2.45) is 5.92 Å². The lowest BCUT2D eigenvalue weighted by Crippen LogP contribution is -2.33. The van der Waals surface area contributed by atoms with Gasteiger partial charge in [-0.1, -0.05) is 24.6 Å². The summed E-state index contributed by atoms with van der Waals surface area (Å²) in [5.74, 6) is -1.83. The molecule has 122 valence electrons. The van der Waals surface area contributed by atoms with Crippen molar-refractivity contribution in [3.63, 3.8) is 0 Å². The van der Waals surface area contributed by atoms with Gasteiger partial charge in [0.15, 0.2) is 0 Å². The largest absolute Gasteiger partial charge is 0.481 e. The van der Waals surface area contributed by atoms with E-state index in [0.29, 0.717) is 16.3 Å². The van der Waals surface area contributed by atoms with Gasteiger partial charge in [0.2, 0.25) is 0 Å². The van der Waals surface area contributed by atoms with Crippen LogP contribution in [0.25, 0.3) is 5.69 Å². The molecule has 0 fully saturated rings. The van der Waals surface area contributed by atoms with E-state index in [-0.39, 0.29) is 12.5 Å². The zero-order valence-corrected chi connectivity index (χ0v) is 13.9. The topological polar surface area (TPSA) is 75.4 Å². The Morgan fingerprint density at radius 3 is 2.74 bits per heavy atom. The molecule has 0 saturated heterocycles. The van der Waals surface area contributed by atoms with Gasteiger partial charge >= 0.3 is 5.97 Å². The monoisotopic (exact) mass is 335 g/mol. The SMILES string of the molecule is Cc1c(C(=O)N(C)CC(C)C(=O)O)cnn1-c1cccc(Cl)c1. The van der Waals surface area contributed by atoms with Crippen molar-refractivity contribution >= 4 is 23.5 Å². The molecule has 0 saturated carbocycles. The summed E-state index contributed by atoms with van der Waals surface area (Å²) in [4.78, 5) is 24.8. The summed E-state index contributed by atoms with van der Waals surface area (Å²) in [5.41, 5.74) is 1.87. The van der Waals surface area contributed by atoms with E-state index >= 15 is 0 Å². The second-order valence-corrected chi connectivity index (χ2v) is 5.90.